The molecule has 19 heavy (non-hydrogen) atoms. The van der Waals surface area contributed by atoms with Gasteiger partial charge in [0.1, 0.15) is 12.4 Å². The number of aliphatic hydroxyl groups is 1. The van der Waals surface area contributed by atoms with Crippen molar-refractivity contribution in [2.24, 2.45) is 0 Å². The Hall–Kier alpha value is -1.77. The Kier molecular flexibility index (Phi) is 4.61. The fourth-order valence-electron chi connectivity index (χ4n) is 1.51. The van der Waals surface area contributed by atoms with E-state index in [1.165, 1.54) is 10.9 Å². The molecule has 8 heteroatoms. The van der Waals surface area contributed by atoms with Crippen molar-refractivity contribution in [2.75, 3.05) is 6.61 Å². The van der Waals surface area contributed by atoms with Gasteiger partial charge in [0.2, 0.25) is 0 Å². The number of nitrogens with zero attached hydrogens (tertiary/aromatic N) is 3. The van der Waals surface area contributed by atoms with Crippen LogP contribution in [0.2, 0.25) is 0 Å². The minimum atomic E-state index is -0.750. The van der Waals surface area contributed by atoms with Gasteiger partial charge >= 0.3 is 5.69 Å². The lowest BCUT2D eigenvalue weighted by atomic mass is 10.4. The van der Waals surface area contributed by atoms with Gasteiger partial charge in [-0.2, -0.15) is 5.10 Å². The topological polar surface area (TPSA) is 90.4 Å². The number of nitro groups is 1. The molecule has 0 aliphatic heterocycles. The molecule has 0 unspecified atom stereocenters. The van der Waals surface area contributed by atoms with Gasteiger partial charge in [0.15, 0.2) is 0 Å². The first kappa shape index (κ1) is 13.7. The van der Waals surface area contributed by atoms with E-state index in [2.05, 4.69) is 5.10 Å². The zero-order valence-corrected chi connectivity index (χ0v) is 10.8. The van der Waals surface area contributed by atoms with Gasteiger partial charge in [-0.15, -0.1) is 11.3 Å². The molecule has 0 amide bonds. The first-order valence-corrected chi connectivity index (χ1v) is 6.48. The van der Waals surface area contributed by atoms with Crippen LogP contribution in [0.25, 0.3) is 0 Å². The van der Waals surface area contributed by atoms with Crippen molar-refractivity contribution in [3.8, 4) is 0 Å². The van der Waals surface area contributed by atoms with E-state index in [0.29, 0.717) is 6.61 Å². The van der Waals surface area contributed by atoms with Crippen LogP contribution in [0.4, 0.5) is 5.69 Å². The molecule has 102 valence electrons. The quantitative estimate of drug-likeness (QED) is 0.613. The Morgan fingerprint density at radius 3 is 3.11 bits per heavy atom. The monoisotopic (exact) mass is 283 g/mol. The molecule has 1 N–H and O–H groups in total. The van der Waals surface area contributed by atoms with Crippen LogP contribution in [0.3, 0.4) is 0 Å². The molecular weight excluding hydrogens is 270 g/mol. The Labute approximate surface area is 113 Å². The highest BCUT2D eigenvalue weighted by Gasteiger charge is 2.12. The van der Waals surface area contributed by atoms with E-state index in [1.807, 2.05) is 17.5 Å². The normalized spacial score (nSPS) is 12.5. The van der Waals surface area contributed by atoms with Crippen molar-refractivity contribution in [2.45, 2.75) is 19.3 Å². The third kappa shape index (κ3) is 4.12. The second kappa shape index (κ2) is 6.41. The van der Waals surface area contributed by atoms with Crippen molar-refractivity contribution in [1.82, 2.24) is 9.78 Å². The van der Waals surface area contributed by atoms with Gasteiger partial charge in [0.05, 0.1) is 30.8 Å². The summed E-state index contributed by atoms with van der Waals surface area (Å²) in [6.45, 7) is 0.776. The lowest BCUT2D eigenvalue weighted by molar-refractivity contribution is -0.385. The standard InChI is InChI=1S/C11H13N3O4S/c15-10(7-18-8-11-2-1-3-19-11)6-13-5-9(4-12-13)14(16)17/h1-5,10,15H,6-8H2/t10-/m1/s1. The number of ether oxygens (including phenoxy) is 1. The molecule has 0 bridgehead atoms. The summed E-state index contributed by atoms with van der Waals surface area (Å²) in [5.74, 6) is 0. The van der Waals surface area contributed by atoms with Crippen LogP contribution < -0.4 is 0 Å². The number of rotatable bonds is 7. The van der Waals surface area contributed by atoms with Gasteiger partial charge in [-0.1, -0.05) is 6.07 Å². The Balaban J connectivity index is 1.74. The lowest BCUT2D eigenvalue weighted by Gasteiger charge is -2.10. The molecule has 0 aliphatic carbocycles. The minimum absolute atomic E-state index is 0.0910. The van der Waals surface area contributed by atoms with Crippen LogP contribution in [0, 0.1) is 10.1 Å². The third-order valence-electron chi connectivity index (χ3n) is 2.36. The highest BCUT2D eigenvalue weighted by molar-refractivity contribution is 7.09. The summed E-state index contributed by atoms with van der Waals surface area (Å²) in [5.41, 5.74) is -0.0910. The second-order valence-corrected chi connectivity index (χ2v) is 4.96. The summed E-state index contributed by atoms with van der Waals surface area (Å²) in [7, 11) is 0. The molecule has 2 aromatic heterocycles. The first-order valence-electron chi connectivity index (χ1n) is 5.60. The fourth-order valence-corrected chi connectivity index (χ4v) is 2.15. The summed E-state index contributed by atoms with van der Waals surface area (Å²) in [4.78, 5) is 11.0. The summed E-state index contributed by atoms with van der Waals surface area (Å²) >= 11 is 1.59. The smallest absolute Gasteiger partial charge is 0.306 e. The van der Waals surface area contributed by atoms with Gasteiger partial charge in [0, 0.05) is 4.88 Å². The Bertz CT molecular complexity index is 526. The molecule has 2 aromatic rings. The van der Waals surface area contributed by atoms with Gasteiger partial charge in [-0.25, -0.2) is 0 Å². The Morgan fingerprint density at radius 1 is 1.63 bits per heavy atom. The van der Waals surface area contributed by atoms with E-state index in [0.717, 1.165) is 11.1 Å². The zero-order valence-electron chi connectivity index (χ0n) is 10.0. The van der Waals surface area contributed by atoms with Gasteiger partial charge in [0.25, 0.3) is 0 Å². The lowest BCUT2D eigenvalue weighted by Crippen LogP contribution is -2.22. The van der Waals surface area contributed by atoms with Crippen molar-refractivity contribution in [3.63, 3.8) is 0 Å². The van der Waals surface area contributed by atoms with E-state index in [1.54, 1.807) is 11.3 Å². The van der Waals surface area contributed by atoms with E-state index >= 15 is 0 Å². The first-order chi connectivity index (χ1) is 9.15. The fraction of sp³-hybridized carbons (Fsp3) is 0.364. The molecular formula is C11H13N3O4S. The average molecular weight is 283 g/mol. The summed E-state index contributed by atoms with van der Waals surface area (Å²) in [6.07, 6.45) is 1.68. The maximum atomic E-state index is 10.5. The predicted molar refractivity (Wildman–Crippen MR) is 68.9 cm³/mol. The number of aliphatic hydroxyl groups excluding tert-OH is 1. The van der Waals surface area contributed by atoms with E-state index in [9.17, 15) is 15.2 Å². The van der Waals surface area contributed by atoms with Gasteiger partial charge in [-0.3, -0.25) is 14.8 Å². The third-order valence-corrected chi connectivity index (χ3v) is 3.21. The molecule has 0 aliphatic rings. The molecule has 0 aromatic carbocycles. The number of hydrogen-bond donors (Lipinski definition) is 1. The van der Waals surface area contributed by atoms with Crippen LogP contribution in [0.15, 0.2) is 29.9 Å². The summed E-state index contributed by atoms with van der Waals surface area (Å²) in [5, 5.41) is 25.9. The van der Waals surface area contributed by atoms with Crippen LogP contribution in [-0.4, -0.2) is 32.5 Å². The summed E-state index contributed by atoms with van der Waals surface area (Å²) in [6, 6.07) is 3.89. The van der Waals surface area contributed by atoms with E-state index in [-0.39, 0.29) is 18.8 Å². The van der Waals surface area contributed by atoms with E-state index < -0.39 is 11.0 Å². The molecule has 0 spiro atoms. The molecule has 2 rings (SSSR count). The number of hydrogen-bond acceptors (Lipinski definition) is 6. The zero-order chi connectivity index (χ0) is 13.7. The average Bonchev–Trinajstić information content (AvgIpc) is 3.00. The second-order valence-electron chi connectivity index (χ2n) is 3.93. The molecule has 0 fully saturated rings. The minimum Gasteiger partial charge on any atom is -0.389 e. The Morgan fingerprint density at radius 2 is 2.47 bits per heavy atom. The van der Waals surface area contributed by atoms with Crippen LogP contribution in [0.5, 0.6) is 0 Å². The van der Waals surface area contributed by atoms with Crippen molar-refractivity contribution >= 4 is 17.0 Å². The molecule has 1 atom stereocenters. The molecule has 7 nitrogen and oxygen atoms in total. The van der Waals surface area contributed by atoms with Crippen molar-refractivity contribution in [1.29, 1.82) is 0 Å². The van der Waals surface area contributed by atoms with Crippen molar-refractivity contribution < 1.29 is 14.8 Å². The molecule has 2 heterocycles. The predicted octanol–water partition coefficient (Wildman–Crippen LogP) is 1.43. The summed E-state index contributed by atoms with van der Waals surface area (Å²) < 4.78 is 6.68. The van der Waals surface area contributed by atoms with Gasteiger partial charge < -0.3 is 9.84 Å². The van der Waals surface area contributed by atoms with Gasteiger partial charge in [-0.05, 0) is 11.4 Å². The molecule has 0 saturated heterocycles. The SMILES string of the molecule is O=[N+]([O-])c1cnn(C[C@@H](O)COCc2cccs2)c1. The highest BCUT2D eigenvalue weighted by atomic mass is 32.1. The number of aromatic nitrogens is 2. The van der Waals surface area contributed by atoms with Crippen molar-refractivity contribution in [3.05, 3.63) is 44.9 Å². The van der Waals surface area contributed by atoms with Crippen LogP contribution in [0.1, 0.15) is 4.88 Å². The maximum absolute atomic E-state index is 10.5. The van der Waals surface area contributed by atoms with Crippen LogP contribution in [-0.2, 0) is 17.9 Å². The maximum Gasteiger partial charge on any atom is 0.306 e. The largest absolute Gasteiger partial charge is 0.389 e. The van der Waals surface area contributed by atoms with Crippen LogP contribution >= 0.6 is 11.3 Å². The number of thiophene rings is 1. The highest BCUT2D eigenvalue weighted by Crippen LogP contribution is 2.10. The molecule has 0 radical (unpaired) electrons. The molecule has 0 saturated carbocycles. The van der Waals surface area contributed by atoms with E-state index in [4.69, 9.17) is 4.74 Å².